The summed E-state index contributed by atoms with van der Waals surface area (Å²) in [5, 5.41) is 2.77. The van der Waals surface area contributed by atoms with Gasteiger partial charge in [0.2, 0.25) is 5.91 Å². The number of hydrogen-bond donors (Lipinski definition) is 1. The number of benzene rings is 1. The second-order valence-electron chi connectivity index (χ2n) is 4.21. The average molecular weight is 290 g/mol. The van der Waals surface area contributed by atoms with E-state index in [1.54, 1.807) is 12.5 Å². The molecule has 0 unspecified atom stereocenters. The van der Waals surface area contributed by atoms with Crippen LogP contribution in [0.3, 0.4) is 0 Å². The van der Waals surface area contributed by atoms with Crippen molar-refractivity contribution in [3.8, 4) is 5.69 Å². The number of hydrogen-bond acceptors (Lipinski definition) is 2. The highest BCUT2D eigenvalue weighted by Gasteiger charge is 1.96. The minimum absolute atomic E-state index is 0.0277. The molecule has 0 aliphatic rings. The summed E-state index contributed by atoms with van der Waals surface area (Å²) >= 11 is 5.48. The quantitative estimate of drug-likeness (QED) is 0.831. The summed E-state index contributed by atoms with van der Waals surface area (Å²) in [4.78, 5) is 15.2. The van der Waals surface area contributed by atoms with Gasteiger partial charge in [0.05, 0.1) is 6.33 Å². The number of alkyl halides is 1. The van der Waals surface area contributed by atoms with Gasteiger partial charge in [-0.2, -0.15) is 0 Å². The van der Waals surface area contributed by atoms with E-state index >= 15 is 0 Å². The van der Waals surface area contributed by atoms with Crippen LogP contribution >= 0.6 is 11.6 Å². The molecule has 0 atom stereocenters. The van der Waals surface area contributed by atoms with Crippen LogP contribution in [0, 0.1) is 0 Å². The van der Waals surface area contributed by atoms with E-state index in [0.717, 1.165) is 11.3 Å². The van der Waals surface area contributed by atoms with Gasteiger partial charge < -0.3 is 9.88 Å². The highest BCUT2D eigenvalue weighted by Crippen LogP contribution is 2.10. The zero-order valence-corrected chi connectivity index (χ0v) is 11.8. The van der Waals surface area contributed by atoms with Gasteiger partial charge in [0, 0.05) is 36.9 Å². The van der Waals surface area contributed by atoms with E-state index in [4.69, 9.17) is 11.6 Å². The Labute approximate surface area is 123 Å². The van der Waals surface area contributed by atoms with Crippen molar-refractivity contribution in [2.24, 2.45) is 0 Å². The fourth-order valence-corrected chi connectivity index (χ4v) is 1.88. The Hall–Kier alpha value is -2.07. The third kappa shape index (κ3) is 4.24. The number of carbonyl (C=O) groups is 1. The normalized spacial score (nSPS) is 10.8. The van der Waals surface area contributed by atoms with Crippen LogP contribution in [-0.4, -0.2) is 27.9 Å². The van der Waals surface area contributed by atoms with Crippen LogP contribution in [0.5, 0.6) is 0 Å². The Balaban J connectivity index is 1.86. The van der Waals surface area contributed by atoms with Crippen molar-refractivity contribution in [3.05, 3.63) is 54.6 Å². The Bertz CT molecular complexity index is 561. The maximum absolute atomic E-state index is 11.2. The number of nitrogens with zero attached hydrogens (tertiary/aromatic N) is 2. The topological polar surface area (TPSA) is 46.9 Å². The van der Waals surface area contributed by atoms with Gasteiger partial charge in [-0.25, -0.2) is 4.98 Å². The van der Waals surface area contributed by atoms with Crippen molar-refractivity contribution < 1.29 is 4.79 Å². The van der Waals surface area contributed by atoms with Gasteiger partial charge in [0.1, 0.15) is 0 Å². The molecule has 0 saturated carbocycles. The zero-order chi connectivity index (χ0) is 14.2. The van der Waals surface area contributed by atoms with Gasteiger partial charge in [0.15, 0.2) is 0 Å². The van der Waals surface area contributed by atoms with Crippen LogP contribution in [0.25, 0.3) is 11.8 Å². The second kappa shape index (κ2) is 7.50. The number of nitrogens with one attached hydrogen (secondary N) is 1. The van der Waals surface area contributed by atoms with Crippen molar-refractivity contribution >= 4 is 23.6 Å². The molecule has 0 fully saturated rings. The largest absolute Gasteiger partial charge is 0.353 e. The van der Waals surface area contributed by atoms with Crippen LogP contribution in [0.1, 0.15) is 12.0 Å². The summed E-state index contributed by atoms with van der Waals surface area (Å²) in [6, 6.07) is 8.08. The van der Waals surface area contributed by atoms with Crippen LogP contribution in [0.15, 0.2) is 49.1 Å². The first-order chi connectivity index (χ1) is 9.79. The Morgan fingerprint density at radius 3 is 2.80 bits per heavy atom. The molecule has 20 heavy (non-hydrogen) atoms. The highest BCUT2D eigenvalue weighted by molar-refractivity contribution is 6.18. The van der Waals surface area contributed by atoms with Gasteiger partial charge in [0.25, 0.3) is 0 Å². The molecule has 0 aliphatic heterocycles. The van der Waals surface area contributed by atoms with E-state index in [-0.39, 0.29) is 5.91 Å². The van der Waals surface area contributed by atoms with E-state index in [2.05, 4.69) is 10.3 Å². The molecule has 1 aromatic heterocycles. The molecule has 104 valence electrons. The van der Waals surface area contributed by atoms with Crippen LogP contribution in [0.2, 0.25) is 0 Å². The molecule has 2 rings (SSSR count). The maximum atomic E-state index is 11.2. The number of amides is 1. The first-order valence-electron chi connectivity index (χ1n) is 6.37. The molecule has 0 spiro atoms. The molecule has 0 radical (unpaired) electrons. The molecule has 1 amide bonds. The van der Waals surface area contributed by atoms with Gasteiger partial charge >= 0.3 is 0 Å². The average Bonchev–Trinajstić information content (AvgIpc) is 2.99. The Morgan fingerprint density at radius 1 is 1.35 bits per heavy atom. The molecule has 0 aliphatic carbocycles. The van der Waals surface area contributed by atoms with Crippen molar-refractivity contribution in [1.82, 2.24) is 14.9 Å². The lowest BCUT2D eigenvalue weighted by atomic mass is 10.2. The third-order valence-electron chi connectivity index (χ3n) is 2.74. The maximum Gasteiger partial charge on any atom is 0.221 e. The van der Waals surface area contributed by atoms with Crippen LogP contribution < -0.4 is 5.32 Å². The fourth-order valence-electron chi connectivity index (χ4n) is 1.71. The van der Waals surface area contributed by atoms with Crippen molar-refractivity contribution in [2.75, 3.05) is 12.4 Å². The summed E-state index contributed by atoms with van der Waals surface area (Å²) < 4.78 is 1.94. The lowest BCUT2D eigenvalue weighted by molar-refractivity contribution is -0.120. The standard InChI is InChI=1S/C15H16ClN3O/c16-8-7-15(20)18-9-1-2-13-3-5-14(6-4-13)19-11-10-17-12-19/h1-6,10-12H,7-9H2,(H,18,20). The summed E-state index contributed by atoms with van der Waals surface area (Å²) in [7, 11) is 0. The number of aromatic nitrogens is 2. The Kier molecular flexibility index (Phi) is 5.38. The number of halogens is 1. The molecular formula is C15H16ClN3O. The van der Waals surface area contributed by atoms with Crippen LogP contribution in [-0.2, 0) is 4.79 Å². The number of carbonyl (C=O) groups excluding carboxylic acids is 1. The predicted molar refractivity (Wildman–Crippen MR) is 80.9 cm³/mol. The molecule has 0 bridgehead atoms. The van der Waals surface area contributed by atoms with Crippen molar-refractivity contribution in [1.29, 1.82) is 0 Å². The summed E-state index contributed by atoms with van der Waals surface area (Å²) in [5.41, 5.74) is 2.15. The van der Waals surface area contributed by atoms with Crippen molar-refractivity contribution in [2.45, 2.75) is 6.42 Å². The van der Waals surface area contributed by atoms with Gasteiger partial charge in [-0.15, -0.1) is 11.6 Å². The first-order valence-corrected chi connectivity index (χ1v) is 6.90. The molecule has 0 saturated heterocycles. The van der Waals surface area contributed by atoms with E-state index in [1.807, 2.05) is 47.2 Å². The van der Waals surface area contributed by atoms with Gasteiger partial charge in [-0.1, -0.05) is 24.3 Å². The molecule has 1 heterocycles. The van der Waals surface area contributed by atoms with E-state index in [1.165, 1.54) is 0 Å². The summed E-state index contributed by atoms with van der Waals surface area (Å²) in [6.07, 6.45) is 9.65. The van der Waals surface area contributed by atoms with E-state index < -0.39 is 0 Å². The molecule has 1 aromatic carbocycles. The Morgan fingerprint density at radius 2 is 2.15 bits per heavy atom. The fraction of sp³-hybridized carbons (Fsp3) is 0.200. The van der Waals surface area contributed by atoms with E-state index in [0.29, 0.717) is 18.8 Å². The SMILES string of the molecule is O=C(CCCl)NCC=Cc1ccc(-n2ccnc2)cc1. The smallest absolute Gasteiger partial charge is 0.221 e. The van der Waals surface area contributed by atoms with Crippen molar-refractivity contribution in [3.63, 3.8) is 0 Å². The lowest BCUT2D eigenvalue weighted by Crippen LogP contribution is -2.23. The first kappa shape index (κ1) is 14.3. The van der Waals surface area contributed by atoms with E-state index in [9.17, 15) is 4.79 Å². The van der Waals surface area contributed by atoms with Gasteiger partial charge in [-0.05, 0) is 17.7 Å². The zero-order valence-electron chi connectivity index (χ0n) is 11.0. The molecule has 5 heteroatoms. The molecule has 2 aromatic rings. The third-order valence-corrected chi connectivity index (χ3v) is 2.93. The number of imidazole rings is 1. The minimum atomic E-state index is -0.0277. The molecular weight excluding hydrogens is 274 g/mol. The highest BCUT2D eigenvalue weighted by atomic mass is 35.5. The van der Waals surface area contributed by atoms with Gasteiger partial charge in [-0.3, -0.25) is 4.79 Å². The minimum Gasteiger partial charge on any atom is -0.353 e. The molecule has 4 nitrogen and oxygen atoms in total. The predicted octanol–water partition coefficient (Wildman–Crippen LogP) is 2.63. The summed E-state index contributed by atoms with van der Waals surface area (Å²) in [5.74, 6) is 0.325. The lowest BCUT2D eigenvalue weighted by Gasteiger charge is -2.02. The second-order valence-corrected chi connectivity index (χ2v) is 4.58. The number of rotatable bonds is 6. The molecule has 1 N–H and O–H groups in total. The van der Waals surface area contributed by atoms with Crippen LogP contribution in [0.4, 0.5) is 0 Å². The summed E-state index contributed by atoms with van der Waals surface area (Å²) in [6.45, 7) is 0.513. The monoisotopic (exact) mass is 289 g/mol.